The van der Waals surface area contributed by atoms with Crippen molar-refractivity contribution in [2.75, 3.05) is 16.6 Å². The van der Waals surface area contributed by atoms with Gasteiger partial charge in [0, 0.05) is 11.3 Å². The molecule has 0 atom stereocenters. The van der Waals surface area contributed by atoms with Crippen molar-refractivity contribution in [3.8, 4) is 5.75 Å². The Bertz CT molecular complexity index is 1120. The molecule has 0 saturated carbocycles. The van der Waals surface area contributed by atoms with E-state index in [9.17, 15) is 13.2 Å². The van der Waals surface area contributed by atoms with Gasteiger partial charge in [-0.2, -0.15) is 0 Å². The van der Waals surface area contributed by atoms with Crippen molar-refractivity contribution in [1.82, 2.24) is 0 Å². The second kappa shape index (κ2) is 9.11. The summed E-state index contributed by atoms with van der Waals surface area (Å²) in [4.78, 5) is 12.3. The van der Waals surface area contributed by atoms with E-state index in [0.29, 0.717) is 33.8 Å². The van der Waals surface area contributed by atoms with Gasteiger partial charge >= 0.3 is 0 Å². The van der Waals surface area contributed by atoms with Crippen LogP contribution in [-0.2, 0) is 10.0 Å². The second-order valence-electron chi connectivity index (χ2n) is 6.03. The Morgan fingerprint density at radius 2 is 1.72 bits per heavy atom. The number of carbonyl (C=O) groups is 1. The van der Waals surface area contributed by atoms with Crippen molar-refractivity contribution >= 4 is 43.2 Å². The molecular weight excluding hydrogens is 456 g/mol. The summed E-state index contributed by atoms with van der Waals surface area (Å²) in [5.41, 5.74) is 1.26. The maximum absolute atomic E-state index is 12.8. The predicted molar refractivity (Wildman–Crippen MR) is 117 cm³/mol. The van der Waals surface area contributed by atoms with E-state index in [1.165, 1.54) is 12.1 Å². The van der Waals surface area contributed by atoms with Crippen LogP contribution in [-0.4, -0.2) is 20.9 Å². The van der Waals surface area contributed by atoms with Crippen LogP contribution in [0.2, 0.25) is 0 Å². The van der Waals surface area contributed by atoms with E-state index < -0.39 is 10.0 Å². The van der Waals surface area contributed by atoms with Gasteiger partial charge in [-0.25, -0.2) is 8.42 Å². The lowest BCUT2D eigenvalue weighted by Gasteiger charge is -2.12. The van der Waals surface area contributed by atoms with Crippen LogP contribution in [0.15, 0.2) is 82.2 Å². The zero-order valence-corrected chi connectivity index (χ0v) is 18.0. The fourth-order valence-corrected chi connectivity index (χ4v) is 4.17. The number of halogens is 1. The van der Waals surface area contributed by atoms with E-state index in [2.05, 4.69) is 26.0 Å². The average molecular weight is 475 g/mol. The Morgan fingerprint density at radius 1 is 0.966 bits per heavy atom. The molecule has 6 nitrogen and oxygen atoms in total. The summed E-state index contributed by atoms with van der Waals surface area (Å²) in [7, 11) is -3.84. The zero-order chi connectivity index (χ0) is 20.9. The highest BCUT2D eigenvalue weighted by atomic mass is 79.9. The first-order valence-electron chi connectivity index (χ1n) is 8.80. The Balaban J connectivity index is 1.78. The lowest BCUT2D eigenvalue weighted by Crippen LogP contribution is -2.15. The molecule has 1 amide bonds. The lowest BCUT2D eigenvalue weighted by molar-refractivity contribution is 0.102. The van der Waals surface area contributed by atoms with Crippen molar-refractivity contribution in [1.29, 1.82) is 0 Å². The van der Waals surface area contributed by atoms with Crippen LogP contribution in [0.5, 0.6) is 5.75 Å². The first-order chi connectivity index (χ1) is 13.9. The minimum Gasteiger partial charge on any atom is -0.493 e. The van der Waals surface area contributed by atoms with Crippen LogP contribution in [0.1, 0.15) is 17.3 Å². The number of ether oxygens (including phenoxy) is 1. The molecule has 0 fully saturated rings. The number of hydrogen-bond donors (Lipinski definition) is 2. The normalized spacial score (nSPS) is 11.0. The molecule has 0 spiro atoms. The molecule has 0 aliphatic carbocycles. The third kappa shape index (κ3) is 5.36. The Hall–Kier alpha value is -2.84. The van der Waals surface area contributed by atoms with Crippen molar-refractivity contribution in [2.45, 2.75) is 11.8 Å². The van der Waals surface area contributed by atoms with Gasteiger partial charge in [0.25, 0.3) is 15.9 Å². The van der Waals surface area contributed by atoms with Crippen LogP contribution in [0.25, 0.3) is 0 Å². The smallest absolute Gasteiger partial charge is 0.261 e. The highest BCUT2D eigenvalue weighted by molar-refractivity contribution is 9.10. The third-order valence-electron chi connectivity index (χ3n) is 3.92. The molecule has 0 aromatic heterocycles. The number of amides is 1. The molecule has 0 aliphatic rings. The number of rotatable bonds is 7. The van der Waals surface area contributed by atoms with Crippen LogP contribution >= 0.6 is 15.9 Å². The molecule has 0 radical (unpaired) electrons. The van der Waals surface area contributed by atoms with Crippen LogP contribution in [0.4, 0.5) is 11.4 Å². The molecule has 8 heteroatoms. The van der Waals surface area contributed by atoms with Gasteiger partial charge in [-0.3, -0.25) is 9.52 Å². The van der Waals surface area contributed by atoms with Crippen molar-refractivity contribution in [3.63, 3.8) is 0 Å². The minimum atomic E-state index is -3.84. The predicted octanol–water partition coefficient (Wildman–Crippen LogP) is 4.90. The van der Waals surface area contributed by atoms with E-state index in [1.807, 2.05) is 13.0 Å². The Morgan fingerprint density at radius 3 is 2.41 bits per heavy atom. The molecule has 3 aromatic rings. The summed E-state index contributed by atoms with van der Waals surface area (Å²) in [5, 5.41) is 2.71. The summed E-state index contributed by atoms with van der Waals surface area (Å²) < 4.78 is 34.1. The minimum absolute atomic E-state index is 0.0355. The Labute approximate surface area is 178 Å². The molecule has 3 aromatic carbocycles. The molecular formula is C21H19BrN2O4S. The number of nitrogens with one attached hydrogen (secondary N) is 2. The number of carbonyl (C=O) groups excluding carboxylic acids is 1. The summed E-state index contributed by atoms with van der Waals surface area (Å²) in [6.45, 7) is 2.37. The van der Waals surface area contributed by atoms with Gasteiger partial charge in [0.05, 0.1) is 21.7 Å². The van der Waals surface area contributed by atoms with Gasteiger partial charge in [-0.1, -0.05) is 24.3 Å². The van der Waals surface area contributed by atoms with Gasteiger partial charge < -0.3 is 10.1 Å². The van der Waals surface area contributed by atoms with Crippen molar-refractivity contribution < 1.29 is 17.9 Å². The number of hydrogen-bond acceptors (Lipinski definition) is 4. The fourth-order valence-electron chi connectivity index (χ4n) is 2.58. The van der Waals surface area contributed by atoms with E-state index >= 15 is 0 Å². The monoisotopic (exact) mass is 474 g/mol. The molecule has 0 bridgehead atoms. The van der Waals surface area contributed by atoms with E-state index in [4.69, 9.17) is 4.74 Å². The van der Waals surface area contributed by atoms with Crippen molar-refractivity contribution in [3.05, 3.63) is 82.8 Å². The Kier molecular flexibility index (Phi) is 6.56. The van der Waals surface area contributed by atoms with Crippen LogP contribution in [0.3, 0.4) is 0 Å². The SMILES string of the molecule is CCOc1ccc(NS(=O)(=O)c2cccc(NC(=O)c3ccccc3)c2)cc1Br. The standard InChI is InChI=1S/C21H19BrN2O4S/c1-2-28-20-12-11-17(14-19(20)22)24-29(26,27)18-10-6-9-16(13-18)23-21(25)15-7-4-3-5-8-15/h3-14,24H,2H2,1H3,(H,23,25). The van der Waals surface area contributed by atoms with Crippen LogP contribution < -0.4 is 14.8 Å². The van der Waals surface area contributed by atoms with Gasteiger partial charge in [0.1, 0.15) is 5.75 Å². The highest BCUT2D eigenvalue weighted by Gasteiger charge is 2.16. The maximum Gasteiger partial charge on any atom is 0.261 e. The summed E-state index contributed by atoms with van der Waals surface area (Å²) in [6.07, 6.45) is 0. The number of anilines is 2. The number of benzene rings is 3. The van der Waals surface area contributed by atoms with Crippen molar-refractivity contribution in [2.24, 2.45) is 0 Å². The topological polar surface area (TPSA) is 84.5 Å². The molecule has 0 saturated heterocycles. The largest absolute Gasteiger partial charge is 0.493 e. The molecule has 2 N–H and O–H groups in total. The summed E-state index contributed by atoms with van der Waals surface area (Å²) in [5.74, 6) is 0.310. The van der Waals surface area contributed by atoms with Crippen LogP contribution in [0, 0.1) is 0 Å². The molecule has 29 heavy (non-hydrogen) atoms. The molecule has 0 aliphatic heterocycles. The summed E-state index contributed by atoms with van der Waals surface area (Å²) >= 11 is 3.37. The van der Waals surface area contributed by atoms with E-state index in [0.717, 1.165) is 0 Å². The molecule has 0 heterocycles. The fraction of sp³-hybridized carbons (Fsp3) is 0.0952. The van der Waals surface area contributed by atoms with Gasteiger partial charge in [-0.15, -0.1) is 0 Å². The zero-order valence-electron chi connectivity index (χ0n) is 15.6. The van der Waals surface area contributed by atoms with Gasteiger partial charge in [0.2, 0.25) is 0 Å². The van der Waals surface area contributed by atoms with E-state index in [-0.39, 0.29) is 10.8 Å². The third-order valence-corrected chi connectivity index (χ3v) is 5.92. The summed E-state index contributed by atoms with van der Waals surface area (Å²) in [6, 6.07) is 19.7. The molecule has 3 rings (SSSR count). The highest BCUT2D eigenvalue weighted by Crippen LogP contribution is 2.29. The molecule has 150 valence electrons. The lowest BCUT2D eigenvalue weighted by atomic mass is 10.2. The maximum atomic E-state index is 12.8. The molecule has 0 unspecified atom stereocenters. The van der Waals surface area contributed by atoms with E-state index in [1.54, 1.807) is 54.6 Å². The van der Waals surface area contributed by atoms with Gasteiger partial charge in [-0.05, 0) is 71.4 Å². The first kappa shape index (κ1) is 20.9. The average Bonchev–Trinajstić information content (AvgIpc) is 2.71. The second-order valence-corrected chi connectivity index (χ2v) is 8.57. The quantitative estimate of drug-likeness (QED) is 0.509. The number of sulfonamides is 1. The first-order valence-corrected chi connectivity index (χ1v) is 11.1. The van der Waals surface area contributed by atoms with Gasteiger partial charge in [0.15, 0.2) is 0 Å².